The summed E-state index contributed by atoms with van der Waals surface area (Å²) in [4.78, 5) is 26.1. The number of rotatable bonds is 4. The van der Waals surface area contributed by atoms with Crippen molar-refractivity contribution in [2.75, 3.05) is 0 Å². The van der Waals surface area contributed by atoms with Crippen molar-refractivity contribution >= 4 is 23.2 Å². The molecular weight excluding hydrogens is 204 g/mol. The van der Waals surface area contributed by atoms with Crippen molar-refractivity contribution in [1.82, 2.24) is 10.3 Å². The summed E-state index contributed by atoms with van der Waals surface area (Å²) in [6, 6.07) is -0.829. The van der Waals surface area contributed by atoms with Crippen LogP contribution in [0.25, 0.3) is 0 Å². The molecule has 0 fully saturated rings. The molecule has 0 aliphatic heterocycles. The van der Waals surface area contributed by atoms with Gasteiger partial charge in [-0.05, 0) is 6.42 Å². The first-order valence-corrected chi connectivity index (χ1v) is 4.95. The van der Waals surface area contributed by atoms with Crippen LogP contribution in [-0.4, -0.2) is 28.0 Å². The number of hydrogen-bond donors (Lipinski definition) is 2. The molecule has 76 valence electrons. The summed E-state index contributed by atoms with van der Waals surface area (Å²) in [6.45, 7) is 1.70. The summed E-state index contributed by atoms with van der Waals surface area (Å²) >= 11 is 1.18. The van der Waals surface area contributed by atoms with Crippen molar-refractivity contribution in [2.24, 2.45) is 0 Å². The van der Waals surface area contributed by atoms with E-state index in [9.17, 15) is 9.59 Å². The number of amides is 1. The average Bonchev–Trinajstić information content (AvgIpc) is 2.65. The second-order valence-corrected chi connectivity index (χ2v) is 3.52. The number of nitrogens with one attached hydrogen (secondary N) is 1. The molecule has 0 aliphatic carbocycles. The van der Waals surface area contributed by atoms with Crippen molar-refractivity contribution in [2.45, 2.75) is 19.4 Å². The van der Waals surface area contributed by atoms with Crippen molar-refractivity contribution in [3.05, 3.63) is 16.6 Å². The Labute approximate surface area is 84.8 Å². The third-order valence-electron chi connectivity index (χ3n) is 1.67. The minimum atomic E-state index is -1.02. The Balaban J connectivity index is 2.60. The molecule has 2 N–H and O–H groups in total. The minimum absolute atomic E-state index is 0.361. The minimum Gasteiger partial charge on any atom is -0.480 e. The van der Waals surface area contributed by atoms with Crippen LogP contribution in [0.5, 0.6) is 0 Å². The van der Waals surface area contributed by atoms with Crippen LogP contribution in [-0.2, 0) is 4.79 Å². The van der Waals surface area contributed by atoms with Crippen molar-refractivity contribution < 1.29 is 14.7 Å². The van der Waals surface area contributed by atoms with E-state index in [1.807, 2.05) is 0 Å². The van der Waals surface area contributed by atoms with Crippen LogP contribution in [0.2, 0.25) is 0 Å². The Hall–Kier alpha value is -1.43. The quantitative estimate of drug-likeness (QED) is 0.774. The monoisotopic (exact) mass is 214 g/mol. The third-order valence-corrected chi connectivity index (χ3v) is 2.44. The number of carbonyl (C=O) groups excluding carboxylic acids is 1. The molecule has 1 amide bonds. The van der Waals surface area contributed by atoms with Crippen LogP contribution in [0.1, 0.15) is 23.0 Å². The fourth-order valence-electron chi connectivity index (χ4n) is 0.896. The van der Waals surface area contributed by atoms with E-state index >= 15 is 0 Å². The second kappa shape index (κ2) is 4.71. The number of hydrogen-bond acceptors (Lipinski definition) is 4. The number of carboxylic acid groups (broad SMARTS) is 1. The van der Waals surface area contributed by atoms with Crippen LogP contribution in [0.4, 0.5) is 0 Å². The standard InChI is InChI=1S/C8H10N2O3S/c1-2-5(8(12)13)10-7(11)6-3-9-4-14-6/h3-5H,2H2,1H3,(H,10,11)(H,12,13)/t5-/m1/s1. The molecule has 0 saturated carbocycles. The normalized spacial score (nSPS) is 12.1. The Kier molecular flexibility index (Phi) is 3.58. The zero-order valence-corrected chi connectivity index (χ0v) is 8.37. The molecule has 1 rings (SSSR count). The number of carbonyl (C=O) groups is 2. The lowest BCUT2D eigenvalue weighted by Gasteiger charge is -2.10. The van der Waals surface area contributed by atoms with Gasteiger partial charge >= 0.3 is 5.97 Å². The van der Waals surface area contributed by atoms with E-state index in [1.165, 1.54) is 23.0 Å². The van der Waals surface area contributed by atoms with Gasteiger partial charge < -0.3 is 10.4 Å². The topological polar surface area (TPSA) is 79.3 Å². The molecule has 1 aromatic heterocycles. The maximum Gasteiger partial charge on any atom is 0.326 e. The second-order valence-electron chi connectivity index (χ2n) is 2.64. The number of carboxylic acids is 1. The fourth-order valence-corrected chi connectivity index (χ4v) is 1.42. The van der Waals surface area contributed by atoms with Gasteiger partial charge in [-0.1, -0.05) is 6.92 Å². The van der Waals surface area contributed by atoms with Crippen LogP contribution >= 0.6 is 11.3 Å². The summed E-state index contributed by atoms with van der Waals surface area (Å²) in [5, 5.41) is 11.1. The summed E-state index contributed by atoms with van der Waals surface area (Å²) in [5.74, 6) is -1.41. The van der Waals surface area contributed by atoms with E-state index in [1.54, 1.807) is 6.92 Å². The SMILES string of the molecule is CC[C@@H](NC(=O)c1cncs1)C(=O)O. The summed E-state index contributed by atoms with van der Waals surface area (Å²) in [5.41, 5.74) is 1.52. The Morgan fingerprint density at radius 3 is 2.86 bits per heavy atom. The Morgan fingerprint density at radius 1 is 1.71 bits per heavy atom. The predicted octanol–water partition coefficient (Wildman–Crippen LogP) is 0.736. The van der Waals surface area contributed by atoms with Crippen molar-refractivity contribution in [3.63, 3.8) is 0 Å². The van der Waals surface area contributed by atoms with Gasteiger partial charge in [0.1, 0.15) is 10.9 Å². The molecule has 14 heavy (non-hydrogen) atoms. The summed E-state index contributed by atoms with van der Waals surface area (Å²) < 4.78 is 0. The first kappa shape index (κ1) is 10.6. The maximum absolute atomic E-state index is 11.4. The highest BCUT2D eigenvalue weighted by atomic mass is 32.1. The third kappa shape index (κ3) is 2.53. The molecule has 0 radical (unpaired) electrons. The molecule has 5 nitrogen and oxygen atoms in total. The van der Waals surface area contributed by atoms with E-state index in [2.05, 4.69) is 10.3 Å². The van der Waals surface area contributed by atoms with E-state index in [0.717, 1.165) is 0 Å². The maximum atomic E-state index is 11.4. The van der Waals surface area contributed by atoms with Crippen LogP contribution < -0.4 is 5.32 Å². The number of aliphatic carboxylic acids is 1. The summed E-state index contributed by atoms with van der Waals surface area (Å²) in [6.07, 6.45) is 1.77. The van der Waals surface area contributed by atoms with Gasteiger partial charge in [0.05, 0.1) is 11.7 Å². The average molecular weight is 214 g/mol. The molecule has 1 atom stereocenters. The van der Waals surface area contributed by atoms with Crippen molar-refractivity contribution in [1.29, 1.82) is 0 Å². The molecule has 0 bridgehead atoms. The highest BCUT2D eigenvalue weighted by molar-refractivity contribution is 7.11. The van der Waals surface area contributed by atoms with E-state index < -0.39 is 12.0 Å². The molecule has 0 spiro atoms. The van der Waals surface area contributed by atoms with Crippen molar-refractivity contribution in [3.8, 4) is 0 Å². The highest BCUT2D eigenvalue weighted by Crippen LogP contribution is 2.05. The largest absolute Gasteiger partial charge is 0.480 e. The zero-order chi connectivity index (χ0) is 10.6. The first-order chi connectivity index (χ1) is 6.65. The molecule has 0 aliphatic rings. The van der Waals surface area contributed by atoms with Gasteiger partial charge in [-0.2, -0.15) is 0 Å². The molecule has 1 aromatic rings. The molecule has 6 heteroatoms. The van der Waals surface area contributed by atoms with Crippen LogP contribution in [0.15, 0.2) is 11.7 Å². The lowest BCUT2D eigenvalue weighted by atomic mass is 10.2. The van der Waals surface area contributed by atoms with Gasteiger partial charge in [-0.3, -0.25) is 9.78 Å². The molecule has 0 aromatic carbocycles. The predicted molar refractivity (Wildman–Crippen MR) is 51.3 cm³/mol. The lowest BCUT2D eigenvalue weighted by molar-refractivity contribution is -0.139. The Bertz CT molecular complexity index is 323. The van der Waals surface area contributed by atoms with Gasteiger partial charge in [0, 0.05) is 0 Å². The summed E-state index contributed by atoms with van der Waals surface area (Å²) in [7, 11) is 0. The molecular formula is C8H10N2O3S. The van der Waals surface area contributed by atoms with Gasteiger partial charge in [-0.15, -0.1) is 11.3 Å². The van der Waals surface area contributed by atoms with E-state index in [0.29, 0.717) is 11.3 Å². The highest BCUT2D eigenvalue weighted by Gasteiger charge is 2.18. The number of aromatic nitrogens is 1. The molecule has 0 unspecified atom stereocenters. The zero-order valence-electron chi connectivity index (χ0n) is 7.56. The van der Waals surface area contributed by atoms with E-state index in [4.69, 9.17) is 5.11 Å². The van der Waals surface area contributed by atoms with Crippen LogP contribution in [0.3, 0.4) is 0 Å². The molecule has 1 heterocycles. The first-order valence-electron chi connectivity index (χ1n) is 4.07. The van der Waals surface area contributed by atoms with E-state index in [-0.39, 0.29) is 5.91 Å². The van der Waals surface area contributed by atoms with Crippen LogP contribution in [0, 0.1) is 0 Å². The van der Waals surface area contributed by atoms with Gasteiger partial charge in [0.25, 0.3) is 5.91 Å². The van der Waals surface area contributed by atoms with Gasteiger partial charge in [0.15, 0.2) is 0 Å². The molecule has 0 saturated heterocycles. The smallest absolute Gasteiger partial charge is 0.326 e. The fraction of sp³-hybridized carbons (Fsp3) is 0.375. The van der Waals surface area contributed by atoms with Gasteiger partial charge in [-0.25, -0.2) is 4.79 Å². The Morgan fingerprint density at radius 2 is 2.43 bits per heavy atom. The lowest BCUT2D eigenvalue weighted by Crippen LogP contribution is -2.39. The number of thiazole rings is 1. The number of nitrogens with zero attached hydrogens (tertiary/aromatic N) is 1. The van der Waals surface area contributed by atoms with Gasteiger partial charge in [0.2, 0.25) is 0 Å².